The second-order valence-electron chi connectivity index (χ2n) is 4.17. The van der Waals surface area contributed by atoms with Crippen molar-refractivity contribution >= 4 is 0 Å². The number of ether oxygens (including phenoxy) is 1. The van der Waals surface area contributed by atoms with E-state index in [-0.39, 0.29) is 5.72 Å². The van der Waals surface area contributed by atoms with Crippen LogP contribution >= 0.6 is 0 Å². The number of hydrogen-bond donors (Lipinski definition) is 1. The molecule has 1 rings (SSSR count). The summed E-state index contributed by atoms with van der Waals surface area (Å²) in [6.45, 7) is 9.49. The molecule has 0 aliphatic carbocycles. The number of hydrogen-bond acceptors (Lipinski definition) is 2. The van der Waals surface area contributed by atoms with Gasteiger partial charge in [0.25, 0.3) is 0 Å². The molecule has 0 bridgehead atoms. The summed E-state index contributed by atoms with van der Waals surface area (Å²) in [7, 11) is 0. The lowest BCUT2D eigenvalue weighted by molar-refractivity contribution is -0.238. The zero-order chi connectivity index (χ0) is 8.65. The molecular weight excluding hydrogens is 138 g/mol. The summed E-state index contributed by atoms with van der Waals surface area (Å²) in [5.41, 5.74) is 5.73. The van der Waals surface area contributed by atoms with E-state index >= 15 is 0 Å². The maximum atomic E-state index is 6.07. The standard InChI is InChI=1S/C9H19NO/c1-6(2)8-5-11-9(8,10)7(3)4/h6-8H,5,10H2,1-4H3. The Bertz CT molecular complexity index is 144. The lowest BCUT2D eigenvalue weighted by Crippen LogP contribution is -2.65. The Hall–Kier alpha value is -0.0800. The van der Waals surface area contributed by atoms with E-state index in [0.29, 0.717) is 17.8 Å². The van der Waals surface area contributed by atoms with Crippen molar-refractivity contribution in [2.75, 3.05) is 6.61 Å². The van der Waals surface area contributed by atoms with Crippen molar-refractivity contribution in [2.24, 2.45) is 23.5 Å². The molecule has 1 fully saturated rings. The minimum absolute atomic E-state index is 0.339. The summed E-state index contributed by atoms with van der Waals surface area (Å²) in [5.74, 6) is 1.60. The Morgan fingerprint density at radius 2 is 1.91 bits per heavy atom. The fourth-order valence-corrected chi connectivity index (χ4v) is 1.68. The predicted molar refractivity (Wildman–Crippen MR) is 46.0 cm³/mol. The molecule has 66 valence electrons. The van der Waals surface area contributed by atoms with Crippen molar-refractivity contribution in [1.82, 2.24) is 0 Å². The van der Waals surface area contributed by atoms with Crippen LogP contribution in [0.4, 0.5) is 0 Å². The van der Waals surface area contributed by atoms with E-state index in [2.05, 4.69) is 27.7 Å². The molecule has 0 amide bonds. The molecule has 1 heterocycles. The van der Waals surface area contributed by atoms with Crippen molar-refractivity contribution < 1.29 is 4.74 Å². The maximum absolute atomic E-state index is 6.07. The van der Waals surface area contributed by atoms with Crippen molar-refractivity contribution in [2.45, 2.75) is 33.4 Å². The lowest BCUT2D eigenvalue weighted by Gasteiger charge is -2.51. The topological polar surface area (TPSA) is 35.2 Å². The minimum atomic E-state index is -0.339. The molecule has 2 N–H and O–H groups in total. The Morgan fingerprint density at radius 1 is 1.36 bits per heavy atom. The first kappa shape index (κ1) is 9.01. The summed E-state index contributed by atoms with van der Waals surface area (Å²) < 4.78 is 5.43. The molecular formula is C9H19NO. The number of rotatable bonds is 2. The van der Waals surface area contributed by atoms with Crippen LogP contribution in [0.1, 0.15) is 27.7 Å². The van der Waals surface area contributed by atoms with Gasteiger partial charge in [-0.1, -0.05) is 27.7 Å². The van der Waals surface area contributed by atoms with Gasteiger partial charge in [0.2, 0.25) is 0 Å². The van der Waals surface area contributed by atoms with E-state index in [1.54, 1.807) is 0 Å². The molecule has 2 heteroatoms. The molecule has 0 aromatic carbocycles. The van der Waals surface area contributed by atoms with Crippen LogP contribution in [0, 0.1) is 17.8 Å². The molecule has 1 aliphatic heterocycles. The molecule has 1 saturated heterocycles. The van der Waals surface area contributed by atoms with Crippen LogP contribution in [-0.4, -0.2) is 12.3 Å². The second-order valence-corrected chi connectivity index (χ2v) is 4.17. The average Bonchev–Trinajstić information content (AvgIpc) is 1.82. The highest BCUT2D eigenvalue weighted by atomic mass is 16.5. The van der Waals surface area contributed by atoms with Crippen LogP contribution in [0.3, 0.4) is 0 Å². The Labute approximate surface area is 69.1 Å². The number of nitrogens with two attached hydrogens (primary N) is 1. The molecule has 0 radical (unpaired) electrons. The Balaban J connectivity index is 2.59. The van der Waals surface area contributed by atoms with Crippen molar-refractivity contribution in [3.05, 3.63) is 0 Å². The molecule has 0 saturated carbocycles. The van der Waals surface area contributed by atoms with Gasteiger partial charge in [-0.25, -0.2) is 0 Å². The van der Waals surface area contributed by atoms with Gasteiger partial charge in [-0.2, -0.15) is 0 Å². The first-order valence-corrected chi connectivity index (χ1v) is 4.41. The molecule has 11 heavy (non-hydrogen) atoms. The van der Waals surface area contributed by atoms with E-state index in [4.69, 9.17) is 10.5 Å². The van der Waals surface area contributed by atoms with Gasteiger partial charge < -0.3 is 10.5 Å². The highest BCUT2D eigenvalue weighted by Crippen LogP contribution is 2.39. The van der Waals surface area contributed by atoms with Crippen LogP contribution in [-0.2, 0) is 4.74 Å². The van der Waals surface area contributed by atoms with Gasteiger partial charge in [0, 0.05) is 5.92 Å². The first-order valence-electron chi connectivity index (χ1n) is 4.41. The van der Waals surface area contributed by atoms with Crippen LogP contribution < -0.4 is 5.73 Å². The van der Waals surface area contributed by atoms with E-state index in [1.165, 1.54) is 0 Å². The first-order chi connectivity index (χ1) is 4.98. The third kappa shape index (κ3) is 1.30. The summed E-state index contributed by atoms with van der Waals surface area (Å²) in [6, 6.07) is 0. The quantitative estimate of drug-likeness (QED) is 0.660. The van der Waals surface area contributed by atoms with Crippen LogP contribution in [0.25, 0.3) is 0 Å². The molecule has 0 spiro atoms. The van der Waals surface area contributed by atoms with Crippen molar-refractivity contribution in [1.29, 1.82) is 0 Å². The lowest BCUT2D eigenvalue weighted by atomic mass is 9.76. The molecule has 2 nitrogen and oxygen atoms in total. The van der Waals surface area contributed by atoms with Crippen molar-refractivity contribution in [3.8, 4) is 0 Å². The van der Waals surface area contributed by atoms with Crippen LogP contribution in [0.15, 0.2) is 0 Å². The fourth-order valence-electron chi connectivity index (χ4n) is 1.68. The maximum Gasteiger partial charge on any atom is 0.124 e. The fraction of sp³-hybridized carbons (Fsp3) is 1.00. The highest BCUT2D eigenvalue weighted by molar-refractivity contribution is 4.94. The van der Waals surface area contributed by atoms with E-state index in [1.807, 2.05) is 0 Å². The SMILES string of the molecule is CC(C)C1COC1(N)C(C)C. The minimum Gasteiger partial charge on any atom is -0.360 e. The largest absolute Gasteiger partial charge is 0.360 e. The van der Waals surface area contributed by atoms with Gasteiger partial charge >= 0.3 is 0 Å². The summed E-state index contributed by atoms with van der Waals surface area (Å²) in [4.78, 5) is 0. The van der Waals surface area contributed by atoms with Gasteiger partial charge in [-0.15, -0.1) is 0 Å². The summed E-state index contributed by atoms with van der Waals surface area (Å²) in [6.07, 6.45) is 0. The molecule has 2 atom stereocenters. The molecule has 1 aliphatic rings. The third-order valence-corrected chi connectivity index (χ3v) is 2.80. The smallest absolute Gasteiger partial charge is 0.124 e. The summed E-state index contributed by atoms with van der Waals surface area (Å²) in [5, 5.41) is 0. The van der Waals surface area contributed by atoms with E-state index in [0.717, 1.165) is 6.61 Å². The predicted octanol–water partition coefficient (Wildman–Crippen LogP) is 1.60. The average molecular weight is 157 g/mol. The Morgan fingerprint density at radius 3 is 2.00 bits per heavy atom. The third-order valence-electron chi connectivity index (χ3n) is 2.80. The monoisotopic (exact) mass is 157 g/mol. The Kier molecular flexibility index (Phi) is 2.26. The van der Waals surface area contributed by atoms with E-state index < -0.39 is 0 Å². The zero-order valence-corrected chi connectivity index (χ0v) is 7.92. The zero-order valence-electron chi connectivity index (χ0n) is 7.92. The van der Waals surface area contributed by atoms with Crippen LogP contribution in [0.2, 0.25) is 0 Å². The molecule has 0 aromatic rings. The molecule has 0 aromatic heterocycles. The van der Waals surface area contributed by atoms with Crippen molar-refractivity contribution in [3.63, 3.8) is 0 Å². The second kappa shape index (κ2) is 2.76. The van der Waals surface area contributed by atoms with E-state index in [9.17, 15) is 0 Å². The van der Waals surface area contributed by atoms with Gasteiger partial charge in [0.05, 0.1) is 6.61 Å². The van der Waals surface area contributed by atoms with Gasteiger partial charge in [0.1, 0.15) is 5.72 Å². The normalized spacial score (nSPS) is 37.9. The van der Waals surface area contributed by atoms with Gasteiger partial charge in [-0.05, 0) is 11.8 Å². The summed E-state index contributed by atoms with van der Waals surface area (Å²) >= 11 is 0. The van der Waals surface area contributed by atoms with Gasteiger partial charge in [-0.3, -0.25) is 0 Å². The molecule has 2 unspecified atom stereocenters. The van der Waals surface area contributed by atoms with Gasteiger partial charge in [0.15, 0.2) is 0 Å². The van der Waals surface area contributed by atoms with Crippen LogP contribution in [0.5, 0.6) is 0 Å². The highest BCUT2D eigenvalue weighted by Gasteiger charge is 2.48.